The molecular weight excluding hydrogens is 1060 g/mol. The van der Waals surface area contributed by atoms with Crippen LogP contribution in [0.25, 0.3) is 0 Å². The number of carbonyl (C=O) groups is 6. The van der Waals surface area contributed by atoms with E-state index in [1.165, 1.54) is 0 Å². The van der Waals surface area contributed by atoms with Gasteiger partial charge in [0.2, 0.25) is 29.5 Å². The van der Waals surface area contributed by atoms with Gasteiger partial charge in [0.25, 0.3) is 0 Å². The summed E-state index contributed by atoms with van der Waals surface area (Å²) in [5, 5.41) is 22.3. The van der Waals surface area contributed by atoms with Crippen LogP contribution in [0, 0.1) is 22.7 Å². The largest absolute Gasteiger partial charge is 0.367 e. The zero-order valence-electron chi connectivity index (χ0n) is 46.1. The number of benzene rings is 3. The lowest BCUT2D eigenvalue weighted by atomic mass is 9.83. The molecule has 19 heteroatoms. The van der Waals surface area contributed by atoms with E-state index >= 15 is 0 Å². The van der Waals surface area contributed by atoms with E-state index in [0.29, 0.717) is 54.9 Å². The van der Waals surface area contributed by atoms with Crippen LogP contribution in [0.2, 0.25) is 0 Å². The van der Waals surface area contributed by atoms with Crippen molar-refractivity contribution < 1.29 is 28.8 Å². The second kappa shape index (κ2) is 24.0. The van der Waals surface area contributed by atoms with E-state index in [1.807, 2.05) is 115 Å². The average molecular weight is 1140 g/mol. The Morgan fingerprint density at radius 3 is 1.53 bits per heavy atom. The molecule has 0 radical (unpaired) electrons. The van der Waals surface area contributed by atoms with E-state index in [0.717, 1.165) is 44.9 Å². The van der Waals surface area contributed by atoms with Crippen molar-refractivity contribution in [1.29, 1.82) is 0 Å². The maximum atomic E-state index is 14.7. The molecule has 7 N–H and O–H groups in total. The van der Waals surface area contributed by atoms with Gasteiger partial charge >= 0.3 is 0 Å². The van der Waals surface area contributed by atoms with Crippen LogP contribution in [-0.2, 0) is 54.6 Å². The molecule has 2 aliphatic carbocycles. The number of fused-ring (bicyclic) bond motifs is 4. The molecule has 0 bridgehead atoms. The van der Waals surface area contributed by atoms with E-state index in [9.17, 15) is 28.8 Å². The molecule has 0 aromatic heterocycles. The standard InChI is InChI=1S/C59H77N9O6S4/c1-32(60-7)54(75)63-42-23-25-77-45-29-58(3,4)49(67(45)56(42)73)52(71)65-47-38-15-11-9-13-36(38)27-40(47)44(69)22-21-34-17-19-35(20-18-34)31-62-51(70)41-28-37-14-10-12-16-39(37)48(41)66-53(72)50-59(5,6)30-46-68(50)57(74)43(24-26-78-46)64-55(76)33(2)61-8/h9-20,32-33,40-43,45-50,60-61H,21-31H2,1-8H3,(H,62,70)(H,63,75)(H,64,76)(H,65,71)(H,66,72)/t32-,33-,40-,41+,42-,43-,45-,46-,47?,48-,49+,50+/m0/s1. The Balaban J connectivity index is 0.823. The maximum Gasteiger partial charge on any atom is 0.246 e. The first-order chi connectivity index (χ1) is 37.2. The summed E-state index contributed by atoms with van der Waals surface area (Å²) < 4.78 is 0. The Hall–Kier alpha value is -4.92. The van der Waals surface area contributed by atoms with Crippen LogP contribution in [0.15, 0.2) is 72.8 Å². The number of ketones is 1. The second-order valence-electron chi connectivity index (χ2n) is 23.5. The van der Waals surface area contributed by atoms with Crippen LogP contribution in [0.3, 0.4) is 0 Å². The van der Waals surface area contributed by atoms with Crippen LogP contribution in [-0.4, -0.2) is 128 Å². The van der Waals surface area contributed by atoms with Gasteiger partial charge in [0.05, 0.1) is 50.8 Å². The van der Waals surface area contributed by atoms with Crippen molar-refractivity contribution in [2.24, 2.45) is 22.7 Å². The highest BCUT2D eigenvalue weighted by Crippen LogP contribution is 2.49. The topological polar surface area (TPSA) is 193 Å². The third kappa shape index (κ3) is 11.9. The summed E-state index contributed by atoms with van der Waals surface area (Å²) in [5.41, 5.74) is 4.70. The number of hydrogen-bond acceptors (Lipinski definition) is 12. The normalized spacial score (nSPS) is 28.4. The molecule has 4 aliphatic heterocycles. The Morgan fingerprint density at radius 1 is 0.615 bits per heavy atom. The molecule has 3 aromatic rings. The van der Waals surface area contributed by atoms with Crippen molar-refractivity contribution in [1.82, 2.24) is 47.0 Å². The van der Waals surface area contributed by atoms with Gasteiger partial charge in [-0.2, -0.15) is 0 Å². The van der Waals surface area contributed by atoms with E-state index in [1.54, 1.807) is 33.3 Å². The zero-order chi connectivity index (χ0) is 55.8. The highest BCUT2D eigenvalue weighted by molar-refractivity contribution is 8.00. The first kappa shape index (κ1) is 57.8. The number of amides is 5. The number of carbonyl (C=O) groups excluding carboxylic acids is 6. The van der Waals surface area contributed by atoms with Gasteiger partial charge in [-0.05, 0) is 129 Å². The van der Waals surface area contributed by atoms with Crippen molar-refractivity contribution >= 4 is 93.3 Å². The monoisotopic (exact) mass is 1140 g/mol. The molecule has 1 unspecified atom stereocenters. The molecule has 4 heterocycles. The van der Waals surface area contributed by atoms with Gasteiger partial charge in [-0.15, -0.1) is 23.5 Å². The molecule has 0 saturated carbocycles. The number of thiocarbonyl (C=S) groups is 2. The summed E-state index contributed by atoms with van der Waals surface area (Å²) in [6, 6.07) is 19.8. The van der Waals surface area contributed by atoms with Crippen LogP contribution < -0.4 is 37.2 Å². The fourth-order valence-corrected chi connectivity index (χ4v) is 16.4. The molecule has 5 amide bonds. The Morgan fingerprint density at radius 2 is 1.05 bits per heavy atom. The number of hydrogen-bond donors (Lipinski definition) is 7. The number of rotatable bonds is 17. The van der Waals surface area contributed by atoms with Gasteiger partial charge in [0.15, 0.2) is 0 Å². The molecule has 4 fully saturated rings. The predicted octanol–water partition coefficient (Wildman–Crippen LogP) is 5.83. The fraction of sp³-hybridized carbons (Fsp3) is 0.559. The molecule has 418 valence electrons. The van der Waals surface area contributed by atoms with E-state index < -0.39 is 58.9 Å². The number of Topliss-reactive ketones (excluding diaryl/α,β-unsaturated/α-hetero) is 1. The molecule has 4 saturated heterocycles. The predicted molar refractivity (Wildman–Crippen MR) is 317 cm³/mol. The maximum absolute atomic E-state index is 14.7. The van der Waals surface area contributed by atoms with Crippen molar-refractivity contribution in [2.45, 2.75) is 159 Å². The quantitative estimate of drug-likeness (QED) is 0.0799. The summed E-state index contributed by atoms with van der Waals surface area (Å²) in [4.78, 5) is 91.5. The molecule has 9 rings (SSSR count). The van der Waals surface area contributed by atoms with Gasteiger partial charge in [0, 0.05) is 18.9 Å². The summed E-state index contributed by atoms with van der Waals surface area (Å²) in [5.74, 6) is -0.420. The minimum Gasteiger partial charge on any atom is -0.367 e. The summed E-state index contributed by atoms with van der Waals surface area (Å²) in [7, 11) is 3.65. The molecule has 15 nitrogen and oxygen atoms in total. The van der Waals surface area contributed by atoms with Crippen LogP contribution in [0.5, 0.6) is 0 Å². The van der Waals surface area contributed by atoms with Crippen LogP contribution in [0.1, 0.15) is 119 Å². The number of nitrogens with zero attached hydrogens (tertiary/aromatic N) is 2. The lowest BCUT2D eigenvalue weighted by molar-refractivity contribution is -0.143. The van der Waals surface area contributed by atoms with Crippen molar-refractivity contribution in [2.75, 3.05) is 25.6 Å². The minimum absolute atomic E-state index is 0.0577. The Bertz CT molecular complexity index is 2630. The van der Waals surface area contributed by atoms with Gasteiger partial charge in [-0.3, -0.25) is 28.8 Å². The van der Waals surface area contributed by atoms with Crippen molar-refractivity contribution in [3.8, 4) is 0 Å². The summed E-state index contributed by atoms with van der Waals surface area (Å²) in [6.07, 6.45) is 4.28. The summed E-state index contributed by atoms with van der Waals surface area (Å²) in [6.45, 7) is 12.4. The fourth-order valence-electron chi connectivity index (χ4n) is 12.7. The van der Waals surface area contributed by atoms with E-state index in [2.05, 4.69) is 51.1 Å². The lowest BCUT2D eigenvalue weighted by Crippen LogP contribution is -2.58. The van der Waals surface area contributed by atoms with E-state index in [4.69, 9.17) is 24.4 Å². The molecule has 78 heavy (non-hydrogen) atoms. The van der Waals surface area contributed by atoms with Gasteiger partial charge in [-0.1, -0.05) is 125 Å². The Labute approximate surface area is 479 Å². The number of aryl methyl sites for hydroxylation is 1. The van der Waals surface area contributed by atoms with Gasteiger partial charge in [0.1, 0.15) is 30.0 Å². The SMILES string of the molecule is CN[C@@H](C)C(=S)N[C@H]1CCS[C@H]2CC(C)(C)[C@@H](C(=O)NC3c4ccccc4C[C@H]3C(=O)CCc3ccc(CNC(=O)[C@@H]4Cc5ccccc5[C@@H]4NC(=O)[C@H]4N5C(=O)[C@@H](NC(=S)[C@H](C)NC)CCS[C@H]5CC4(C)C)cc3)N2C1=O. The highest BCUT2D eigenvalue weighted by Gasteiger charge is 2.57. The summed E-state index contributed by atoms with van der Waals surface area (Å²) >= 11 is 14.7. The molecule has 0 spiro atoms. The van der Waals surface area contributed by atoms with Crippen molar-refractivity contribution in [3.05, 3.63) is 106 Å². The first-order valence-corrected chi connectivity index (χ1v) is 30.6. The third-order valence-electron chi connectivity index (χ3n) is 17.3. The lowest BCUT2D eigenvalue weighted by Gasteiger charge is -2.35. The van der Waals surface area contributed by atoms with E-state index in [-0.39, 0.29) is 71.1 Å². The molecular formula is C59H77N9O6S4. The minimum atomic E-state index is -0.744. The number of likely N-dealkylation sites (N-methyl/N-ethyl adjacent to an activating group) is 2. The molecule has 3 aromatic carbocycles. The number of nitrogens with one attached hydrogen (secondary N) is 7. The molecule has 6 aliphatic rings. The molecule has 12 atom stereocenters. The zero-order valence-corrected chi connectivity index (χ0v) is 49.4. The van der Waals surface area contributed by atoms with Gasteiger partial charge in [-0.25, -0.2) is 0 Å². The first-order valence-electron chi connectivity index (χ1n) is 27.7. The van der Waals surface area contributed by atoms with Crippen LogP contribution >= 0.6 is 48.0 Å². The van der Waals surface area contributed by atoms with Crippen molar-refractivity contribution in [3.63, 3.8) is 0 Å². The average Bonchev–Trinajstić information content (AvgIpc) is 4.19. The number of thioether (sulfide) groups is 2. The van der Waals surface area contributed by atoms with Crippen LogP contribution in [0.4, 0.5) is 0 Å². The second-order valence-corrected chi connectivity index (χ2v) is 27.0. The highest BCUT2D eigenvalue weighted by atomic mass is 32.2. The Kier molecular flexibility index (Phi) is 17.8. The van der Waals surface area contributed by atoms with Gasteiger partial charge < -0.3 is 47.0 Å². The third-order valence-corrected chi connectivity index (χ3v) is 20.8. The smallest absolute Gasteiger partial charge is 0.246 e.